The average molecular weight is 398 g/mol. The van der Waals surface area contributed by atoms with Gasteiger partial charge in [0.2, 0.25) is 5.96 Å². The molecule has 1 rings (SSSR count). The van der Waals surface area contributed by atoms with Crippen molar-refractivity contribution in [3.63, 3.8) is 0 Å². The summed E-state index contributed by atoms with van der Waals surface area (Å²) >= 11 is 0. The highest BCUT2D eigenvalue weighted by molar-refractivity contribution is 7.90. The number of nitrogens with zero attached hydrogens (tertiary/aromatic N) is 2. The molecule has 9 nitrogen and oxygen atoms in total. The summed E-state index contributed by atoms with van der Waals surface area (Å²) in [5.74, 6) is -0.923. The van der Waals surface area contributed by atoms with Crippen LogP contribution in [0.3, 0.4) is 0 Å². The highest BCUT2D eigenvalue weighted by Crippen LogP contribution is 2.18. The van der Waals surface area contributed by atoms with Crippen molar-refractivity contribution in [1.29, 1.82) is 5.41 Å². The molecule has 1 aromatic carbocycles. The van der Waals surface area contributed by atoms with Crippen LogP contribution in [0.2, 0.25) is 0 Å². The summed E-state index contributed by atoms with van der Waals surface area (Å²) in [6.45, 7) is 6.42. The second-order valence-corrected chi connectivity index (χ2v) is 8.01. The van der Waals surface area contributed by atoms with Crippen molar-refractivity contribution >= 4 is 28.6 Å². The van der Waals surface area contributed by atoms with Gasteiger partial charge in [-0.3, -0.25) is 10.2 Å². The van der Waals surface area contributed by atoms with E-state index in [9.17, 15) is 23.4 Å². The quantitative estimate of drug-likeness (QED) is 0.353. The zero-order chi connectivity index (χ0) is 20.6. The lowest BCUT2D eigenvalue weighted by Gasteiger charge is -2.31. The molecular formula is C17H26N4O5S. The SMILES string of the molecule is C=NC(=N)NS(=O)(=O)c1cccc(C(=O)N(CCO)[C@@H](CO)CC(C)C)c1. The number of sulfonamides is 1. The van der Waals surface area contributed by atoms with Crippen LogP contribution in [0.4, 0.5) is 0 Å². The normalized spacial score (nSPS) is 12.5. The van der Waals surface area contributed by atoms with E-state index in [1.54, 1.807) is 0 Å². The van der Waals surface area contributed by atoms with E-state index in [0.717, 1.165) is 0 Å². The van der Waals surface area contributed by atoms with Gasteiger partial charge in [-0.2, -0.15) is 0 Å². The van der Waals surface area contributed by atoms with Crippen LogP contribution >= 0.6 is 0 Å². The molecule has 0 saturated carbocycles. The van der Waals surface area contributed by atoms with E-state index in [-0.39, 0.29) is 36.1 Å². The first-order chi connectivity index (χ1) is 12.7. The van der Waals surface area contributed by atoms with Crippen molar-refractivity contribution in [2.45, 2.75) is 31.2 Å². The fourth-order valence-corrected chi connectivity index (χ4v) is 3.56. The summed E-state index contributed by atoms with van der Waals surface area (Å²) in [4.78, 5) is 17.2. The van der Waals surface area contributed by atoms with Crippen LogP contribution in [0.25, 0.3) is 0 Å². The minimum Gasteiger partial charge on any atom is -0.395 e. The lowest BCUT2D eigenvalue weighted by molar-refractivity contribution is 0.0503. The highest BCUT2D eigenvalue weighted by atomic mass is 32.2. The van der Waals surface area contributed by atoms with Crippen molar-refractivity contribution in [2.75, 3.05) is 19.8 Å². The number of carbonyl (C=O) groups is 1. The van der Waals surface area contributed by atoms with E-state index in [1.165, 1.54) is 29.2 Å². The van der Waals surface area contributed by atoms with Crippen LogP contribution in [-0.2, 0) is 10.0 Å². The van der Waals surface area contributed by atoms with Crippen LogP contribution in [0.5, 0.6) is 0 Å². The van der Waals surface area contributed by atoms with Gasteiger partial charge in [0.15, 0.2) is 0 Å². The molecular weight excluding hydrogens is 372 g/mol. The Morgan fingerprint density at radius 3 is 2.56 bits per heavy atom. The minimum atomic E-state index is -4.09. The van der Waals surface area contributed by atoms with E-state index >= 15 is 0 Å². The van der Waals surface area contributed by atoms with Crippen molar-refractivity contribution in [3.05, 3.63) is 29.8 Å². The Morgan fingerprint density at radius 1 is 1.37 bits per heavy atom. The summed E-state index contributed by atoms with van der Waals surface area (Å²) in [6, 6.07) is 4.81. The molecule has 0 heterocycles. The predicted molar refractivity (Wildman–Crippen MR) is 102 cm³/mol. The number of aliphatic imine (C=N–C) groups is 1. The van der Waals surface area contributed by atoms with E-state index in [1.807, 2.05) is 18.6 Å². The van der Waals surface area contributed by atoms with Gasteiger partial charge in [-0.05, 0) is 37.3 Å². The first-order valence-electron chi connectivity index (χ1n) is 8.37. The minimum absolute atomic E-state index is 0.0110. The Morgan fingerprint density at radius 2 is 2.04 bits per heavy atom. The first kappa shape index (κ1) is 22.7. The Balaban J connectivity index is 3.21. The average Bonchev–Trinajstić information content (AvgIpc) is 2.63. The Hall–Kier alpha value is -2.30. The number of aliphatic hydroxyl groups excluding tert-OH is 2. The molecule has 0 bridgehead atoms. The van der Waals surface area contributed by atoms with Crippen molar-refractivity contribution in [3.8, 4) is 0 Å². The largest absolute Gasteiger partial charge is 0.395 e. The maximum atomic E-state index is 12.9. The van der Waals surface area contributed by atoms with Crippen molar-refractivity contribution in [1.82, 2.24) is 9.62 Å². The molecule has 0 fully saturated rings. The second-order valence-electron chi connectivity index (χ2n) is 6.33. The van der Waals surface area contributed by atoms with Crippen molar-refractivity contribution in [2.24, 2.45) is 10.9 Å². The molecule has 0 aliphatic heterocycles. The molecule has 0 aliphatic rings. The van der Waals surface area contributed by atoms with Crippen LogP contribution in [0, 0.1) is 11.3 Å². The van der Waals surface area contributed by atoms with Crippen LogP contribution in [-0.4, -0.2) is 67.9 Å². The summed E-state index contributed by atoms with van der Waals surface area (Å²) in [6.07, 6.45) is 0.532. The Bertz CT molecular complexity index is 779. The van der Waals surface area contributed by atoms with Gasteiger partial charge in [-0.15, -0.1) is 0 Å². The molecule has 0 saturated heterocycles. The number of rotatable bonds is 9. The van der Waals surface area contributed by atoms with E-state index in [2.05, 4.69) is 11.7 Å². The van der Waals surface area contributed by atoms with Gasteiger partial charge >= 0.3 is 0 Å². The lowest BCUT2D eigenvalue weighted by Crippen LogP contribution is -2.44. The fourth-order valence-electron chi connectivity index (χ4n) is 2.58. The Kier molecular flexibility index (Phi) is 8.54. The molecule has 1 aromatic rings. The van der Waals surface area contributed by atoms with Gasteiger partial charge in [0.1, 0.15) is 0 Å². The maximum Gasteiger partial charge on any atom is 0.264 e. The molecule has 4 N–H and O–H groups in total. The Labute approximate surface area is 159 Å². The third kappa shape index (κ3) is 6.42. The molecule has 27 heavy (non-hydrogen) atoms. The van der Waals surface area contributed by atoms with Gasteiger partial charge in [0.25, 0.3) is 15.9 Å². The van der Waals surface area contributed by atoms with E-state index < -0.39 is 27.9 Å². The molecule has 1 amide bonds. The summed E-state index contributed by atoms with van der Waals surface area (Å²) in [7, 11) is -4.09. The second kappa shape index (κ2) is 10.1. The molecule has 150 valence electrons. The number of nitrogens with one attached hydrogen (secondary N) is 2. The highest BCUT2D eigenvalue weighted by Gasteiger charge is 2.26. The maximum absolute atomic E-state index is 12.9. The number of aliphatic hydroxyl groups is 2. The molecule has 1 atom stereocenters. The molecule has 0 unspecified atom stereocenters. The topological polar surface area (TPSA) is 143 Å². The molecule has 0 aromatic heterocycles. The van der Waals surface area contributed by atoms with Gasteiger partial charge in [-0.1, -0.05) is 19.9 Å². The van der Waals surface area contributed by atoms with Crippen LogP contribution in [0.1, 0.15) is 30.6 Å². The number of carbonyl (C=O) groups excluding carboxylic acids is 1. The molecule has 0 aliphatic carbocycles. The van der Waals surface area contributed by atoms with Crippen LogP contribution in [0.15, 0.2) is 34.2 Å². The zero-order valence-electron chi connectivity index (χ0n) is 15.4. The number of hydrogen-bond donors (Lipinski definition) is 4. The molecule has 10 heteroatoms. The van der Waals surface area contributed by atoms with Crippen molar-refractivity contribution < 1.29 is 23.4 Å². The number of hydrogen-bond acceptors (Lipinski definition) is 6. The third-order valence-electron chi connectivity index (χ3n) is 3.78. The molecule has 0 radical (unpaired) electrons. The fraction of sp³-hybridized carbons (Fsp3) is 0.471. The summed E-state index contributed by atoms with van der Waals surface area (Å²) in [5, 5.41) is 26.3. The predicted octanol–water partition coefficient (Wildman–Crippen LogP) is 0.442. The van der Waals surface area contributed by atoms with Crippen LogP contribution < -0.4 is 4.72 Å². The number of amides is 1. The summed E-state index contributed by atoms with van der Waals surface area (Å²) in [5.41, 5.74) is 0.0895. The van der Waals surface area contributed by atoms with Gasteiger partial charge in [-0.25, -0.2) is 18.1 Å². The van der Waals surface area contributed by atoms with E-state index in [0.29, 0.717) is 6.42 Å². The van der Waals surface area contributed by atoms with E-state index in [4.69, 9.17) is 5.41 Å². The first-order valence-corrected chi connectivity index (χ1v) is 9.85. The number of guanidine groups is 1. The van der Waals surface area contributed by atoms with Gasteiger partial charge in [0.05, 0.1) is 24.2 Å². The standard InChI is InChI=1S/C17H26N4O5S/c1-12(2)9-14(11-23)21(7-8-22)16(24)13-5-4-6-15(10-13)27(25,26)20-17(18)19-3/h4-6,10,12,14,22-23H,3,7-9,11H2,1-2H3,(H2,18,20)/t14-/m1/s1. The smallest absolute Gasteiger partial charge is 0.264 e. The monoisotopic (exact) mass is 398 g/mol. The van der Waals surface area contributed by atoms with Gasteiger partial charge < -0.3 is 15.1 Å². The number of benzene rings is 1. The summed E-state index contributed by atoms with van der Waals surface area (Å²) < 4.78 is 26.4. The zero-order valence-corrected chi connectivity index (χ0v) is 16.2. The third-order valence-corrected chi connectivity index (χ3v) is 5.11. The lowest BCUT2D eigenvalue weighted by atomic mass is 10.0. The molecule has 0 spiro atoms. The van der Waals surface area contributed by atoms with Gasteiger partial charge in [0, 0.05) is 12.1 Å².